The van der Waals surface area contributed by atoms with Crippen LogP contribution >= 0.6 is 0 Å². The Hall–Kier alpha value is -0.380. The van der Waals surface area contributed by atoms with Crippen molar-refractivity contribution in [3.8, 4) is 0 Å². The smallest absolute Gasteiger partial charge is 0.0599 e. The third-order valence-corrected chi connectivity index (χ3v) is 3.38. The second kappa shape index (κ2) is 5.10. The van der Waals surface area contributed by atoms with Gasteiger partial charge in [-0.2, -0.15) is 0 Å². The van der Waals surface area contributed by atoms with Gasteiger partial charge in [-0.1, -0.05) is 6.08 Å². The van der Waals surface area contributed by atoms with Gasteiger partial charge in [-0.15, -0.1) is 6.58 Å². The van der Waals surface area contributed by atoms with Crippen molar-refractivity contribution >= 4 is 0 Å². The maximum Gasteiger partial charge on any atom is 0.0599 e. The highest BCUT2D eigenvalue weighted by molar-refractivity contribution is 4.94. The van der Waals surface area contributed by atoms with E-state index in [1.807, 2.05) is 6.08 Å². The third-order valence-electron chi connectivity index (χ3n) is 3.38. The molecule has 1 aliphatic heterocycles. The van der Waals surface area contributed by atoms with Gasteiger partial charge in [-0.25, -0.2) is 0 Å². The zero-order valence-electron chi connectivity index (χ0n) is 10.2. The molecule has 0 amide bonds. The van der Waals surface area contributed by atoms with E-state index >= 15 is 0 Å². The lowest BCUT2D eigenvalue weighted by molar-refractivity contribution is 0.0530. The summed E-state index contributed by atoms with van der Waals surface area (Å²) in [6.45, 7) is 11.4. The Balaban J connectivity index is 2.84. The highest BCUT2D eigenvalue weighted by atomic mass is 16.3. The van der Waals surface area contributed by atoms with Gasteiger partial charge in [0.05, 0.1) is 6.61 Å². The molecule has 1 aliphatic rings. The lowest BCUT2D eigenvalue weighted by Gasteiger charge is -2.40. The van der Waals surface area contributed by atoms with Gasteiger partial charge in [0.15, 0.2) is 0 Å². The quantitative estimate of drug-likeness (QED) is 0.706. The summed E-state index contributed by atoms with van der Waals surface area (Å²) in [6.07, 6.45) is 3.06. The molecule has 1 rings (SSSR count). The van der Waals surface area contributed by atoms with E-state index in [9.17, 15) is 5.11 Å². The molecule has 1 heterocycles. The zero-order valence-corrected chi connectivity index (χ0v) is 10.2. The van der Waals surface area contributed by atoms with Gasteiger partial charge in [0.1, 0.15) is 0 Å². The van der Waals surface area contributed by atoms with Crippen molar-refractivity contribution in [3.63, 3.8) is 0 Å². The minimum absolute atomic E-state index is 0.145. The van der Waals surface area contributed by atoms with Gasteiger partial charge < -0.3 is 10.0 Å². The van der Waals surface area contributed by atoms with Crippen LogP contribution in [0, 0.1) is 0 Å². The highest BCUT2D eigenvalue weighted by Gasteiger charge is 2.34. The maximum absolute atomic E-state index is 9.46. The Morgan fingerprint density at radius 2 is 2.20 bits per heavy atom. The fourth-order valence-electron chi connectivity index (χ4n) is 2.34. The molecule has 0 bridgehead atoms. The summed E-state index contributed by atoms with van der Waals surface area (Å²) in [5.74, 6) is 0. The number of rotatable bonds is 3. The molecule has 1 unspecified atom stereocenters. The number of nitrogens with zero attached hydrogens (tertiary/aromatic N) is 2. The van der Waals surface area contributed by atoms with Crippen LogP contribution in [0.25, 0.3) is 0 Å². The fourth-order valence-corrected chi connectivity index (χ4v) is 2.34. The van der Waals surface area contributed by atoms with Gasteiger partial charge in [-0.3, -0.25) is 4.90 Å². The van der Waals surface area contributed by atoms with Gasteiger partial charge >= 0.3 is 0 Å². The zero-order chi connectivity index (χ0) is 11.5. The van der Waals surface area contributed by atoms with Crippen LogP contribution in [0.3, 0.4) is 0 Å². The van der Waals surface area contributed by atoms with Crippen LogP contribution in [0.15, 0.2) is 12.7 Å². The lowest BCUT2D eigenvalue weighted by atomic mass is 9.97. The summed E-state index contributed by atoms with van der Waals surface area (Å²) in [5, 5.41) is 9.46. The molecule has 15 heavy (non-hydrogen) atoms. The van der Waals surface area contributed by atoms with Crippen LogP contribution in [0.1, 0.15) is 20.3 Å². The molecule has 0 saturated carbocycles. The van der Waals surface area contributed by atoms with E-state index in [0.717, 1.165) is 26.1 Å². The summed E-state index contributed by atoms with van der Waals surface area (Å²) < 4.78 is 0. The Kier molecular flexibility index (Phi) is 4.32. The lowest BCUT2D eigenvalue weighted by Crippen LogP contribution is -2.52. The van der Waals surface area contributed by atoms with Crippen LogP contribution in [-0.4, -0.2) is 59.8 Å². The Morgan fingerprint density at radius 1 is 1.53 bits per heavy atom. The van der Waals surface area contributed by atoms with Crippen LogP contribution in [0.4, 0.5) is 0 Å². The molecule has 0 aromatic rings. The van der Waals surface area contributed by atoms with Crippen molar-refractivity contribution in [2.75, 3.05) is 33.3 Å². The average molecular weight is 212 g/mol. The van der Waals surface area contributed by atoms with Crippen molar-refractivity contribution in [2.24, 2.45) is 0 Å². The normalized spacial score (nSPS) is 28.7. The Morgan fingerprint density at radius 3 is 2.73 bits per heavy atom. The number of aliphatic hydroxyl groups is 1. The van der Waals surface area contributed by atoms with Crippen LogP contribution < -0.4 is 0 Å². The average Bonchev–Trinajstić information content (AvgIpc) is 2.29. The molecule has 1 fully saturated rings. The van der Waals surface area contributed by atoms with E-state index in [2.05, 4.69) is 37.3 Å². The molecular weight excluding hydrogens is 188 g/mol. The maximum atomic E-state index is 9.46. The van der Waals surface area contributed by atoms with Crippen molar-refractivity contribution in [1.82, 2.24) is 9.80 Å². The van der Waals surface area contributed by atoms with Crippen molar-refractivity contribution in [1.29, 1.82) is 0 Å². The fraction of sp³-hybridized carbons (Fsp3) is 0.833. The van der Waals surface area contributed by atoms with Gasteiger partial charge in [0.25, 0.3) is 0 Å². The van der Waals surface area contributed by atoms with Gasteiger partial charge in [-0.05, 0) is 33.9 Å². The van der Waals surface area contributed by atoms with E-state index in [1.165, 1.54) is 0 Å². The number of likely N-dealkylation sites (N-methyl/N-ethyl adjacent to an activating group) is 1. The summed E-state index contributed by atoms with van der Waals surface area (Å²) in [4.78, 5) is 4.66. The first-order chi connectivity index (χ1) is 7.01. The molecule has 0 aliphatic carbocycles. The molecule has 1 atom stereocenters. The monoisotopic (exact) mass is 212 g/mol. The molecule has 3 heteroatoms. The SMILES string of the molecule is C=CCN1C(CO)CN(C)CCC1(C)C. The molecule has 3 nitrogen and oxygen atoms in total. The number of hydrogen-bond donors (Lipinski definition) is 1. The Labute approximate surface area is 93.4 Å². The molecule has 0 radical (unpaired) electrons. The van der Waals surface area contributed by atoms with Crippen molar-refractivity contribution in [3.05, 3.63) is 12.7 Å². The molecule has 0 aromatic heterocycles. The third kappa shape index (κ3) is 3.03. The molecule has 1 saturated heterocycles. The number of aliphatic hydroxyl groups excluding tert-OH is 1. The minimum Gasteiger partial charge on any atom is -0.395 e. The number of hydrogen-bond acceptors (Lipinski definition) is 3. The van der Waals surface area contributed by atoms with Gasteiger partial charge in [0, 0.05) is 24.7 Å². The minimum atomic E-state index is 0.145. The first-order valence-corrected chi connectivity index (χ1v) is 5.68. The first-order valence-electron chi connectivity index (χ1n) is 5.68. The summed E-state index contributed by atoms with van der Waals surface area (Å²) in [5.41, 5.74) is 0.145. The van der Waals surface area contributed by atoms with Gasteiger partial charge in [0.2, 0.25) is 0 Å². The first kappa shape index (κ1) is 12.7. The van der Waals surface area contributed by atoms with Crippen molar-refractivity contribution < 1.29 is 5.11 Å². The molecule has 0 spiro atoms. The molecule has 88 valence electrons. The summed E-state index contributed by atoms with van der Waals surface area (Å²) in [7, 11) is 2.12. The van der Waals surface area contributed by atoms with E-state index in [0.29, 0.717) is 0 Å². The summed E-state index contributed by atoms with van der Waals surface area (Å²) >= 11 is 0. The molecule has 1 N–H and O–H groups in total. The predicted molar refractivity (Wildman–Crippen MR) is 64.0 cm³/mol. The largest absolute Gasteiger partial charge is 0.395 e. The summed E-state index contributed by atoms with van der Waals surface area (Å²) in [6, 6.07) is 0.227. The highest BCUT2D eigenvalue weighted by Crippen LogP contribution is 2.25. The van der Waals surface area contributed by atoms with E-state index in [-0.39, 0.29) is 18.2 Å². The van der Waals surface area contributed by atoms with E-state index in [1.54, 1.807) is 0 Å². The van der Waals surface area contributed by atoms with Crippen molar-refractivity contribution in [2.45, 2.75) is 31.8 Å². The van der Waals surface area contributed by atoms with Crippen LogP contribution in [0.2, 0.25) is 0 Å². The van der Waals surface area contributed by atoms with E-state index < -0.39 is 0 Å². The van der Waals surface area contributed by atoms with E-state index in [4.69, 9.17) is 0 Å². The Bertz CT molecular complexity index is 216. The second-order valence-corrected chi connectivity index (χ2v) is 5.10. The van der Waals surface area contributed by atoms with Crippen LogP contribution in [-0.2, 0) is 0 Å². The standard InChI is InChI=1S/C12H24N2O/c1-5-7-14-11(10-15)9-13(4)8-6-12(14,2)3/h5,11,15H,1,6-10H2,2-4H3. The predicted octanol–water partition coefficient (Wildman–Crippen LogP) is 0.949. The van der Waals surface area contributed by atoms with Crippen LogP contribution in [0.5, 0.6) is 0 Å². The second-order valence-electron chi connectivity index (χ2n) is 5.10. The molecular formula is C12H24N2O. The molecule has 0 aromatic carbocycles. The topological polar surface area (TPSA) is 26.7 Å².